The van der Waals surface area contributed by atoms with Crippen LogP contribution in [0.5, 0.6) is 0 Å². The summed E-state index contributed by atoms with van der Waals surface area (Å²) in [6.07, 6.45) is 2.45. The molecule has 0 unspecified atom stereocenters. The lowest BCUT2D eigenvalue weighted by Gasteiger charge is -2.07. The third-order valence-corrected chi connectivity index (χ3v) is 3.08. The van der Waals surface area contributed by atoms with Gasteiger partial charge < -0.3 is 5.32 Å². The Bertz CT molecular complexity index is 559. The van der Waals surface area contributed by atoms with E-state index in [4.69, 9.17) is 0 Å². The molecule has 92 valence electrons. The predicted octanol–water partition coefficient (Wildman–Crippen LogP) is 2.73. The van der Waals surface area contributed by atoms with Gasteiger partial charge in [-0.15, -0.1) is 10.2 Å². The maximum Gasteiger partial charge on any atom is 0.183 e. The Kier molecular flexibility index (Phi) is 2.70. The molecule has 1 N–H and O–H groups in total. The highest BCUT2D eigenvalue weighted by molar-refractivity contribution is 5.57. The van der Waals surface area contributed by atoms with Crippen molar-refractivity contribution in [1.29, 1.82) is 0 Å². The largest absolute Gasteiger partial charge is 0.366 e. The third-order valence-electron chi connectivity index (χ3n) is 3.08. The number of aryl methyl sites for hydroxylation is 2. The quantitative estimate of drug-likeness (QED) is 0.896. The minimum absolute atomic E-state index is 0.575. The summed E-state index contributed by atoms with van der Waals surface area (Å²) in [6.45, 7) is 4.00. The molecular formula is C14H16N4. The van der Waals surface area contributed by atoms with Crippen molar-refractivity contribution in [1.82, 2.24) is 15.2 Å². The van der Waals surface area contributed by atoms with Gasteiger partial charge in [0.2, 0.25) is 0 Å². The predicted molar refractivity (Wildman–Crippen MR) is 71.4 cm³/mol. The van der Waals surface area contributed by atoms with E-state index in [-0.39, 0.29) is 0 Å². The second kappa shape index (κ2) is 4.37. The first kappa shape index (κ1) is 11.1. The van der Waals surface area contributed by atoms with Gasteiger partial charge in [0, 0.05) is 11.6 Å². The number of hydrogen-bond acceptors (Lipinski definition) is 4. The number of nitrogens with zero attached hydrogens (tertiary/aromatic N) is 3. The molecule has 2 aromatic rings. The van der Waals surface area contributed by atoms with E-state index in [0.717, 1.165) is 17.1 Å². The second-order valence-corrected chi connectivity index (χ2v) is 4.85. The van der Waals surface area contributed by atoms with E-state index in [2.05, 4.69) is 39.6 Å². The summed E-state index contributed by atoms with van der Waals surface area (Å²) in [7, 11) is 0. The summed E-state index contributed by atoms with van der Waals surface area (Å²) in [5.74, 6) is 1.55. The normalized spacial score (nSPS) is 14.6. The molecule has 4 heteroatoms. The molecule has 0 radical (unpaired) electrons. The molecule has 4 nitrogen and oxygen atoms in total. The summed E-state index contributed by atoms with van der Waals surface area (Å²) < 4.78 is 0. The molecule has 1 aromatic heterocycles. The van der Waals surface area contributed by atoms with Gasteiger partial charge in [-0.2, -0.15) is 0 Å². The molecular weight excluding hydrogens is 224 g/mol. The smallest absolute Gasteiger partial charge is 0.183 e. The van der Waals surface area contributed by atoms with E-state index in [0.29, 0.717) is 11.9 Å². The van der Waals surface area contributed by atoms with Gasteiger partial charge in [-0.05, 0) is 26.7 Å². The van der Waals surface area contributed by atoms with Gasteiger partial charge in [-0.3, -0.25) is 0 Å². The molecule has 18 heavy (non-hydrogen) atoms. The van der Waals surface area contributed by atoms with Crippen molar-refractivity contribution in [2.75, 3.05) is 5.32 Å². The van der Waals surface area contributed by atoms with Crippen molar-refractivity contribution in [2.24, 2.45) is 0 Å². The summed E-state index contributed by atoms with van der Waals surface area (Å²) in [6, 6.07) is 8.76. The number of anilines is 1. The van der Waals surface area contributed by atoms with Gasteiger partial charge >= 0.3 is 0 Å². The lowest BCUT2D eigenvalue weighted by atomic mass is 10.1. The molecule has 1 heterocycles. The first-order valence-electron chi connectivity index (χ1n) is 6.27. The fourth-order valence-electron chi connectivity index (χ4n) is 1.76. The van der Waals surface area contributed by atoms with E-state index in [1.807, 2.05) is 19.1 Å². The van der Waals surface area contributed by atoms with Crippen molar-refractivity contribution in [3.05, 3.63) is 35.5 Å². The van der Waals surface area contributed by atoms with Crippen molar-refractivity contribution >= 4 is 5.82 Å². The van der Waals surface area contributed by atoms with Crippen LogP contribution < -0.4 is 5.32 Å². The molecule has 1 saturated carbocycles. The van der Waals surface area contributed by atoms with Crippen LogP contribution >= 0.6 is 0 Å². The monoisotopic (exact) mass is 240 g/mol. The van der Waals surface area contributed by atoms with Gasteiger partial charge in [0.1, 0.15) is 5.69 Å². The fraction of sp³-hybridized carbons (Fsp3) is 0.357. The average Bonchev–Trinajstić information content (AvgIpc) is 3.17. The maximum atomic E-state index is 4.57. The van der Waals surface area contributed by atoms with E-state index < -0.39 is 0 Å². The SMILES string of the molecule is Cc1ccc(-c2nnc(C)c(NC3CC3)n2)cc1. The molecule has 0 spiro atoms. The molecule has 1 fully saturated rings. The lowest BCUT2D eigenvalue weighted by Crippen LogP contribution is -2.08. The number of hydrogen-bond donors (Lipinski definition) is 1. The first-order valence-corrected chi connectivity index (χ1v) is 6.27. The van der Waals surface area contributed by atoms with Gasteiger partial charge in [0.15, 0.2) is 11.6 Å². The van der Waals surface area contributed by atoms with Crippen molar-refractivity contribution in [3.63, 3.8) is 0 Å². The third kappa shape index (κ3) is 2.32. The Morgan fingerprint density at radius 1 is 1.06 bits per heavy atom. The van der Waals surface area contributed by atoms with Gasteiger partial charge in [-0.25, -0.2) is 4.98 Å². The van der Waals surface area contributed by atoms with Gasteiger partial charge in [0.05, 0.1) is 0 Å². The van der Waals surface area contributed by atoms with Crippen LogP contribution in [-0.2, 0) is 0 Å². The Hall–Kier alpha value is -1.97. The zero-order valence-corrected chi connectivity index (χ0v) is 10.6. The van der Waals surface area contributed by atoms with Crippen LogP contribution in [0.3, 0.4) is 0 Å². The van der Waals surface area contributed by atoms with Crippen LogP contribution in [0.25, 0.3) is 11.4 Å². The lowest BCUT2D eigenvalue weighted by molar-refractivity contribution is 0.925. The molecule has 0 aliphatic heterocycles. The Balaban J connectivity index is 1.93. The Morgan fingerprint density at radius 2 is 1.78 bits per heavy atom. The number of rotatable bonds is 3. The average molecular weight is 240 g/mol. The highest BCUT2D eigenvalue weighted by atomic mass is 15.2. The summed E-state index contributed by atoms with van der Waals surface area (Å²) >= 11 is 0. The Morgan fingerprint density at radius 3 is 2.44 bits per heavy atom. The summed E-state index contributed by atoms with van der Waals surface area (Å²) in [4.78, 5) is 4.57. The molecule has 3 rings (SSSR count). The van der Waals surface area contributed by atoms with Crippen molar-refractivity contribution < 1.29 is 0 Å². The standard InChI is InChI=1S/C14H16N4/c1-9-3-5-11(6-4-9)14-16-13(10(2)17-18-14)15-12-7-8-12/h3-6,12H,7-8H2,1-2H3,(H,15,16,18). The van der Waals surface area contributed by atoms with Crippen LogP contribution in [0.15, 0.2) is 24.3 Å². The van der Waals surface area contributed by atoms with E-state index in [1.165, 1.54) is 18.4 Å². The highest BCUT2D eigenvalue weighted by Gasteiger charge is 2.22. The van der Waals surface area contributed by atoms with Crippen LogP contribution in [-0.4, -0.2) is 21.2 Å². The van der Waals surface area contributed by atoms with Crippen LogP contribution in [0.1, 0.15) is 24.1 Å². The van der Waals surface area contributed by atoms with Gasteiger partial charge in [-0.1, -0.05) is 29.8 Å². The van der Waals surface area contributed by atoms with E-state index in [9.17, 15) is 0 Å². The number of nitrogens with one attached hydrogen (secondary N) is 1. The fourth-order valence-corrected chi connectivity index (χ4v) is 1.76. The maximum absolute atomic E-state index is 4.57. The zero-order valence-electron chi connectivity index (χ0n) is 10.6. The first-order chi connectivity index (χ1) is 8.72. The highest BCUT2D eigenvalue weighted by Crippen LogP contribution is 2.25. The van der Waals surface area contributed by atoms with E-state index >= 15 is 0 Å². The van der Waals surface area contributed by atoms with Gasteiger partial charge in [0.25, 0.3) is 0 Å². The molecule has 0 bridgehead atoms. The summed E-state index contributed by atoms with van der Waals surface area (Å²) in [5.41, 5.74) is 3.10. The minimum atomic E-state index is 0.575. The topological polar surface area (TPSA) is 50.7 Å². The van der Waals surface area contributed by atoms with Crippen molar-refractivity contribution in [2.45, 2.75) is 32.7 Å². The number of aromatic nitrogens is 3. The van der Waals surface area contributed by atoms with Crippen LogP contribution in [0, 0.1) is 13.8 Å². The molecule has 1 aliphatic rings. The molecule has 0 atom stereocenters. The molecule has 1 aromatic carbocycles. The van der Waals surface area contributed by atoms with E-state index in [1.54, 1.807) is 0 Å². The number of benzene rings is 1. The minimum Gasteiger partial charge on any atom is -0.366 e. The summed E-state index contributed by atoms with van der Waals surface area (Å²) in [5, 5.41) is 11.7. The second-order valence-electron chi connectivity index (χ2n) is 4.85. The van der Waals surface area contributed by atoms with Crippen molar-refractivity contribution in [3.8, 4) is 11.4 Å². The molecule has 1 aliphatic carbocycles. The molecule has 0 amide bonds. The van der Waals surface area contributed by atoms with Crippen LogP contribution in [0.2, 0.25) is 0 Å². The zero-order chi connectivity index (χ0) is 12.5. The van der Waals surface area contributed by atoms with Crippen LogP contribution in [0.4, 0.5) is 5.82 Å². The molecule has 0 saturated heterocycles. The Labute approximate surface area is 106 Å².